The smallest absolute Gasteiger partial charge is 0.237 e. The molecule has 1 amide bonds. The molecule has 1 rings (SSSR count). The molecule has 0 bridgehead atoms. The summed E-state index contributed by atoms with van der Waals surface area (Å²) in [5.74, 6) is 2.53. The molecule has 0 atom stereocenters. The van der Waals surface area contributed by atoms with Crippen molar-refractivity contribution in [1.82, 2.24) is 4.98 Å². The van der Waals surface area contributed by atoms with E-state index in [1.165, 1.54) is 0 Å². The van der Waals surface area contributed by atoms with E-state index in [9.17, 15) is 4.79 Å². The fraction of sp³-hybridized carbons (Fsp3) is 0.111. The van der Waals surface area contributed by atoms with E-state index in [2.05, 4.69) is 32.2 Å². The number of hydrogen-bond acceptors (Lipinski definition) is 2. The zero-order valence-electron chi connectivity index (χ0n) is 6.75. The summed E-state index contributed by atoms with van der Waals surface area (Å²) in [6, 6.07) is 3.48. The van der Waals surface area contributed by atoms with E-state index in [1.54, 1.807) is 18.3 Å². The van der Waals surface area contributed by atoms with E-state index >= 15 is 0 Å². The van der Waals surface area contributed by atoms with Gasteiger partial charge in [-0.05, 0) is 28.1 Å². The zero-order valence-corrected chi connectivity index (χ0v) is 8.34. The van der Waals surface area contributed by atoms with Crippen molar-refractivity contribution in [2.24, 2.45) is 0 Å². The summed E-state index contributed by atoms with van der Waals surface area (Å²) in [6.45, 7) is 0. The van der Waals surface area contributed by atoms with Crippen LogP contribution in [0.5, 0.6) is 0 Å². The number of carbonyl (C=O) groups excluding carboxylic acids is 1. The van der Waals surface area contributed by atoms with Crippen molar-refractivity contribution < 1.29 is 4.79 Å². The Labute approximate surface area is 84.7 Å². The number of anilines is 1. The molecule has 4 heteroatoms. The van der Waals surface area contributed by atoms with Crippen LogP contribution in [0.25, 0.3) is 0 Å². The topological polar surface area (TPSA) is 42.0 Å². The Morgan fingerprint density at radius 2 is 2.46 bits per heavy atom. The first-order valence-corrected chi connectivity index (χ1v) is 4.36. The Hall–Kier alpha value is -1.34. The Bertz CT molecular complexity index is 340. The number of nitrogens with one attached hydrogen (secondary N) is 1. The highest BCUT2D eigenvalue weighted by molar-refractivity contribution is 9.10. The second-order valence-corrected chi connectivity index (χ2v) is 3.21. The summed E-state index contributed by atoms with van der Waals surface area (Å²) < 4.78 is 0.863. The maximum Gasteiger partial charge on any atom is 0.237 e. The minimum atomic E-state index is -0.225. The van der Waals surface area contributed by atoms with Crippen molar-refractivity contribution >= 4 is 27.7 Å². The zero-order chi connectivity index (χ0) is 9.68. The van der Waals surface area contributed by atoms with Gasteiger partial charge in [0.05, 0.1) is 6.42 Å². The van der Waals surface area contributed by atoms with Crippen molar-refractivity contribution in [3.05, 3.63) is 22.8 Å². The molecule has 66 valence electrons. The minimum Gasteiger partial charge on any atom is -0.310 e. The maximum absolute atomic E-state index is 11.0. The summed E-state index contributed by atoms with van der Waals surface area (Å²) >= 11 is 3.23. The van der Waals surface area contributed by atoms with Crippen LogP contribution in [0, 0.1) is 12.3 Å². The van der Waals surface area contributed by atoms with Gasteiger partial charge < -0.3 is 5.32 Å². The molecule has 0 unspecified atom stereocenters. The van der Waals surface area contributed by atoms with Crippen molar-refractivity contribution in [2.45, 2.75) is 6.42 Å². The van der Waals surface area contributed by atoms with E-state index < -0.39 is 0 Å². The average molecular weight is 239 g/mol. The molecule has 0 radical (unpaired) electrons. The van der Waals surface area contributed by atoms with E-state index in [1.807, 2.05) is 0 Å². The number of terminal acetylenes is 1. The first kappa shape index (κ1) is 9.75. The number of amides is 1. The van der Waals surface area contributed by atoms with E-state index in [0.717, 1.165) is 4.47 Å². The molecular formula is C9H7BrN2O. The van der Waals surface area contributed by atoms with Crippen LogP contribution in [0.2, 0.25) is 0 Å². The monoisotopic (exact) mass is 238 g/mol. The lowest BCUT2D eigenvalue weighted by molar-refractivity contribution is -0.115. The molecule has 0 saturated heterocycles. The minimum absolute atomic E-state index is 0.0672. The van der Waals surface area contributed by atoms with Crippen LogP contribution in [0.15, 0.2) is 22.8 Å². The first-order chi connectivity index (χ1) is 6.22. The summed E-state index contributed by atoms with van der Waals surface area (Å²) in [7, 11) is 0. The van der Waals surface area contributed by atoms with Crippen LogP contribution in [0.1, 0.15) is 6.42 Å². The second-order valence-electron chi connectivity index (χ2n) is 2.29. The predicted molar refractivity (Wildman–Crippen MR) is 54.0 cm³/mol. The SMILES string of the molecule is C#CCC(=O)Nc1ccc(Br)cn1. The van der Waals surface area contributed by atoms with Gasteiger partial charge >= 0.3 is 0 Å². The molecule has 1 heterocycles. The number of pyridine rings is 1. The van der Waals surface area contributed by atoms with E-state index in [-0.39, 0.29) is 12.3 Å². The highest BCUT2D eigenvalue weighted by Crippen LogP contribution is 2.10. The van der Waals surface area contributed by atoms with Crippen LogP contribution in [0.3, 0.4) is 0 Å². The van der Waals surface area contributed by atoms with Crippen molar-refractivity contribution in [1.29, 1.82) is 0 Å². The van der Waals surface area contributed by atoms with Crippen LogP contribution >= 0.6 is 15.9 Å². The molecule has 0 saturated carbocycles. The van der Waals surface area contributed by atoms with Crippen molar-refractivity contribution in [3.63, 3.8) is 0 Å². The first-order valence-electron chi connectivity index (χ1n) is 3.57. The highest BCUT2D eigenvalue weighted by atomic mass is 79.9. The Morgan fingerprint density at radius 3 is 3.00 bits per heavy atom. The van der Waals surface area contributed by atoms with Crippen molar-refractivity contribution in [2.75, 3.05) is 5.32 Å². The van der Waals surface area contributed by atoms with Crippen LogP contribution in [-0.2, 0) is 4.79 Å². The second kappa shape index (κ2) is 4.63. The number of hydrogen-bond donors (Lipinski definition) is 1. The summed E-state index contributed by atoms with van der Waals surface area (Å²) in [4.78, 5) is 14.9. The van der Waals surface area contributed by atoms with Gasteiger partial charge in [-0.25, -0.2) is 4.98 Å². The normalized spacial score (nSPS) is 8.92. The quantitative estimate of drug-likeness (QED) is 0.799. The Morgan fingerprint density at radius 1 is 1.69 bits per heavy atom. The largest absolute Gasteiger partial charge is 0.310 e. The lowest BCUT2D eigenvalue weighted by Crippen LogP contribution is -2.10. The predicted octanol–water partition coefficient (Wildman–Crippen LogP) is 1.81. The number of aromatic nitrogens is 1. The standard InChI is InChI=1S/C9H7BrN2O/c1-2-3-9(13)12-8-5-4-7(10)6-11-8/h1,4-6H,3H2,(H,11,12,13). The molecule has 0 aromatic carbocycles. The van der Waals surface area contributed by atoms with Gasteiger partial charge in [-0.1, -0.05) is 5.92 Å². The fourth-order valence-electron chi connectivity index (χ4n) is 0.729. The summed E-state index contributed by atoms with van der Waals surface area (Å²) in [5, 5.41) is 2.56. The number of rotatable bonds is 2. The molecule has 1 N–H and O–H groups in total. The molecule has 1 aromatic heterocycles. The van der Waals surface area contributed by atoms with Gasteiger partial charge in [-0.15, -0.1) is 6.42 Å². The molecule has 0 fully saturated rings. The summed E-state index contributed by atoms with van der Waals surface area (Å²) in [5.41, 5.74) is 0. The Kier molecular flexibility index (Phi) is 3.47. The molecular weight excluding hydrogens is 232 g/mol. The van der Waals surface area contributed by atoms with Gasteiger partial charge in [-0.3, -0.25) is 4.79 Å². The molecule has 0 aliphatic heterocycles. The summed E-state index contributed by atoms with van der Waals surface area (Å²) in [6.07, 6.45) is 6.64. The number of nitrogens with zero attached hydrogens (tertiary/aromatic N) is 1. The third kappa shape index (κ3) is 3.26. The van der Waals surface area contributed by atoms with Crippen LogP contribution in [0.4, 0.5) is 5.82 Å². The van der Waals surface area contributed by atoms with Crippen molar-refractivity contribution in [3.8, 4) is 12.3 Å². The third-order valence-corrected chi connectivity index (χ3v) is 1.73. The molecule has 13 heavy (non-hydrogen) atoms. The van der Waals surface area contributed by atoms with E-state index in [0.29, 0.717) is 5.82 Å². The van der Waals surface area contributed by atoms with Crippen LogP contribution < -0.4 is 5.32 Å². The maximum atomic E-state index is 11.0. The molecule has 0 aliphatic rings. The van der Waals surface area contributed by atoms with Gasteiger partial charge in [0, 0.05) is 10.7 Å². The van der Waals surface area contributed by atoms with Gasteiger partial charge in [-0.2, -0.15) is 0 Å². The fourth-order valence-corrected chi connectivity index (χ4v) is 0.964. The van der Waals surface area contributed by atoms with Gasteiger partial charge in [0.25, 0.3) is 0 Å². The average Bonchev–Trinajstić information content (AvgIpc) is 2.09. The molecule has 0 aliphatic carbocycles. The molecule has 3 nitrogen and oxygen atoms in total. The lowest BCUT2D eigenvalue weighted by atomic mass is 10.4. The third-order valence-electron chi connectivity index (χ3n) is 1.26. The lowest BCUT2D eigenvalue weighted by Gasteiger charge is -2.00. The Balaban J connectivity index is 2.60. The highest BCUT2D eigenvalue weighted by Gasteiger charge is 1.99. The van der Waals surface area contributed by atoms with Crippen LogP contribution in [-0.4, -0.2) is 10.9 Å². The number of halogens is 1. The number of carbonyl (C=O) groups is 1. The molecule has 0 spiro atoms. The van der Waals surface area contributed by atoms with Gasteiger partial charge in [0.1, 0.15) is 5.82 Å². The molecule has 1 aromatic rings. The van der Waals surface area contributed by atoms with Gasteiger partial charge in [0.2, 0.25) is 5.91 Å². The van der Waals surface area contributed by atoms with E-state index in [4.69, 9.17) is 6.42 Å². The van der Waals surface area contributed by atoms with Gasteiger partial charge in [0.15, 0.2) is 0 Å².